The number of piperidine rings is 1. The highest BCUT2D eigenvalue weighted by Gasteiger charge is 2.27. The van der Waals surface area contributed by atoms with Crippen LogP contribution in [0.3, 0.4) is 0 Å². The van der Waals surface area contributed by atoms with Crippen LogP contribution in [0, 0.1) is 5.92 Å². The van der Waals surface area contributed by atoms with E-state index in [-0.39, 0.29) is 0 Å². The van der Waals surface area contributed by atoms with Crippen LogP contribution in [0.2, 0.25) is 0 Å². The molecule has 1 heterocycles. The third kappa shape index (κ3) is 4.21. The van der Waals surface area contributed by atoms with Crippen molar-refractivity contribution >= 4 is 0 Å². The third-order valence-corrected chi connectivity index (χ3v) is 4.65. The van der Waals surface area contributed by atoms with Crippen molar-refractivity contribution in [1.29, 1.82) is 0 Å². The van der Waals surface area contributed by atoms with Gasteiger partial charge in [-0.05, 0) is 56.5 Å². The maximum Gasteiger partial charge on any atom is 0.118 e. The molecule has 0 spiro atoms. The minimum Gasteiger partial charge on any atom is -0.497 e. The van der Waals surface area contributed by atoms with Crippen LogP contribution in [-0.4, -0.2) is 37.7 Å². The topological polar surface area (TPSA) is 24.5 Å². The number of likely N-dealkylation sites (N-methyl/N-ethyl adjacent to an activating group) is 1. The molecule has 3 heteroatoms. The third-order valence-electron chi connectivity index (χ3n) is 4.65. The number of nitrogens with one attached hydrogen (secondary N) is 1. The minimum absolute atomic E-state index is 0.381. The van der Waals surface area contributed by atoms with Crippen molar-refractivity contribution in [2.24, 2.45) is 5.92 Å². The fourth-order valence-electron chi connectivity index (χ4n) is 3.40. The number of nitrogens with zero attached hydrogens (tertiary/aromatic N) is 1. The Morgan fingerprint density at radius 3 is 2.62 bits per heavy atom. The summed E-state index contributed by atoms with van der Waals surface area (Å²) in [6, 6.07) is 9.40. The zero-order valence-electron chi connectivity index (χ0n) is 13.9. The lowest BCUT2D eigenvalue weighted by molar-refractivity contribution is 0.113. The first-order valence-corrected chi connectivity index (χ1v) is 8.27. The van der Waals surface area contributed by atoms with E-state index in [2.05, 4.69) is 55.3 Å². The monoisotopic (exact) mass is 290 g/mol. The molecule has 1 aliphatic rings. The Balaban J connectivity index is 2.12. The molecule has 1 aliphatic heterocycles. The van der Waals surface area contributed by atoms with Gasteiger partial charge in [-0.15, -0.1) is 0 Å². The van der Waals surface area contributed by atoms with Crippen LogP contribution in [-0.2, 0) is 0 Å². The van der Waals surface area contributed by atoms with E-state index in [1.165, 1.54) is 31.5 Å². The summed E-state index contributed by atoms with van der Waals surface area (Å²) in [5.74, 6) is 1.74. The van der Waals surface area contributed by atoms with Crippen LogP contribution in [0.4, 0.5) is 0 Å². The summed E-state index contributed by atoms with van der Waals surface area (Å²) >= 11 is 0. The standard InChI is InChI=1S/C18H30N2O/c1-5-19-18(16-8-10-17(21-4)11-9-16)15(3)20-12-6-7-14(2)13-20/h8-11,14-15,18-19H,5-7,12-13H2,1-4H3. The molecule has 1 aromatic carbocycles. The second-order valence-electron chi connectivity index (χ2n) is 6.29. The summed E-state index contributed by atoms with van der Waals surface area (Å²) in [6.07, 6.45) is 2.70. The lowest BCUT2D eigenvalue weighted by Crippen LogP contribution is -2.47. The van der Waals surface area contributed by atoms with E-state index < -0.39 is 0 Å². The van der Waals surface area contributed by atoms with Gasteiger partial charge in [0.05, 0.1) is 7.11 Å². The van der Waals surface area contributed by atoms with Crippen LogP contribution in [0.15, 0.2) is 24.3 Å². The van der Waals surface area contributed by atoms with Crippen molar-refractivity contribution in [2.75, 3.05) is 26.7 Å². The molecule has 3 atom stereocenters. The van der Waals surface area contributed by atoms with Gasteiger partial charge >= 0.3 is 0 Å². The van der Waals surface area contributed by atoms with Crippen molar-refractivity contribution in [1.82, 2.24) is 10.2 Å². The second kappa shape index (κ2) is 7.81. The molecule has 21 heavy (non-hydrogen) atoms. The van der Waals surface area contributed by atoms with Crippen LogP contribution >= 0.6 is 0 Å². The van der Waals surface area contributed by atoms with Crippen LogP contribution in [0.5, 0.6) is 5.75 Å². The molecule has 0 radical (unpaired) electrons. The lowest BCUT2D eigenvalue weighted by Gasteiger charge is -2.39. The van der Waals surface area contributed by atoms with Gasteiger partial charge in [-0.3, -0.25) is 4.90 Å². The summed E-state index contributed by atoms with van der Waals surface area (Å²) in [5.41, 5.74) is 1.35. The first kappa shape index (κ1) is 16.3. The fraction of sp³-hybridized carbons (Fsp3) is 0.667. The lowest BCUT2D eigenvalue weighted by atomic mass is 9.94. The number of methoxy groups -OCH3 is 1. The largest absolute Gasteiger partial charge is 0.497 e. The molecule has 0 aromatic heterocycles. The average Bonchev–Trinajstić information content (AvgIpc) is 2.52. The molecule has 0 saturated carbocycles. The van der Waals surface area contributed by atoms with Crippen molar-refractivity contribution < 1.29 is 4.74 Å². The number of hydrogen-bond acceptors (Lipinski definition) is 3. The van der Waals surface area contributed by atoms with E-state index >= 15 is 0 Å². The van der Waals surface area contributed by atoms with Gasteiger partial charge in [-0.1, -0.05) is 26.0 Å². The summed E-state index contributed by atoms with van der Waals surface area (Å²) in [5, 5.41) is 3.67. The van der Waals surface area contributed by atoms with Crippen LogP contribution in [0.25, 0.3) is 0 Å². The van der Waals surface area contributed by atoms with E-state index in [1.54, 1.807) is 7.11 Å². The van der Waals surface area contributed by atoms with Crippen molar-refractivity contribution in [3.63, 3.8) is 0 Å². The Hall–Kier alpha value is -1.06. The average molecular weight is 290 g/mol. The quantitative estimate of drug-likeness (QED) is 0.868. The highest BCUT2D eigenvalue weighted by Crippen LogP contribution is 2.26. The van der Waals surface area contributed by atoms with Gasteiger partial charge in [-0.2, -0.15) is 0 Å². The molecule has 0 aliphatic carbocycles. The summed E-state index contributed by atoms with van der Waals surface area (Å²) in [6.45, 7) is 10.3. The Bertz CT molecular complexity index is 418. The number of hydrogen-bond donors (Lipinski definition) is 1. The molecular formula is C18H30N2O. The maximum atomic E-state index is 5.27. The molecule has 3 unspecified atom stereocenters. The molecule has 1 N–H and O–H groups in total. The number of benzene rings is 1. The molecule has 118 valence electrons. The first-order chi connectivity index (χ1) is 10.2. The Kier molecular flexibility index (Phi) is 6.07. The van der Waals surface area contributed by atoms with Gasteiger partial charge in [0.15, 0.2) is 0 Å². The fourth-order valence-corrected chi connectivity index (χ4v) is 3.40. The zero-order valence-corrected chi connectivity index (χ0v) is 13.9. The normalized spacial score (nSPS) is 22.8. The van der Waals surface area contributed by atoms with Crippen molar-refractivity contribution in [3.8, 4) is 5.75 Å². The van der Waals surface area contributed by atoms with Gasteiger partial charge < -0.3 is 10.1 Å². The molecular weight excluding hydrogens is 260 g/mol. The highest BCUT2D eigenvalue weighted by atomic mass is 16.5. The molecule has 3 nitrogen and oxygen atoms in total. The Labute approximate surface area is 129 Å². The molecule has 2 rings (SSSR count). The van der Waals surface area contributed by atoms with Gasteiger partial charge in [0.1, 0.15) is 5.75 Å². The molecule has 1 aromatic rings. The van der Waals surface area contributed by atoms with Crippen molar-refractivity contribution in [2.45, 2.75) is 45.7 Å². The molecule has 1 fully saturated rings. The number of likely N-dealkylation sites (tertiary alicyclic amines) is 1. The number of rotatable bonds is 6. The smallest absolute Gasteiger partial charge is 0.118 e. The van der Waals surface area contributed by atoms with E-state index in [0.717, 1.165) is 18.2 Å². The minimum atomic E-state index is 0.381. The Morgan fingerprint density at radius 2 is 2.05 bits per heavy atom. The highest BCUT2D eigenvalue weighted by molar-refractivity contribution is 5.30. The van der Waals surface area contributed by atoms with Gasteiger partial charge in [0.2, 0.25) is 0 Å². The van der Waals surface area contributed by atoms with Gasteiger partial charge in [-0.25, -0.2) is 0 Å². The predicted octanol–water partition coefficient (Wildman–Crippen LogP) is 3.47. The number of ether oxygens (including phenoxy) is 1. The summed E-state index contributed by atoms with van der Waals surface area (Å²) in [7, 11) is 1.72. The summed E-state index contributed by atoms with van der Waals surface area (Å²) in [4.78, 5) is 2.64. The molecule has 0 bridgehead atoms. The SMILES string of the molecule is CCNC(c1ccc(OC)cc1)C(C)N1CCCC(C)C1. The van der Waals surface area contributed by atoms with E-state index in [9.17, 15) is 0 Å². The zero-order chi connectivity index (χ0) is 15.2. The summed E-state index contributed by atoms with van der Waals surface area (Å²) < 4.78 is 5.27. The van der Waals surface area contributed by atoms with E-state index in [4.69, 9.17) is 4.74 Å². The van der Waals surface area contributed by atoms with E-state index in [1.807, 2.05) is 0 Å². The molecule has 0 amide bonds. The second-order valence-corrected chi connectivity index (χ2v) is 6.29. The van der Waals surface area contributed by atoms with Crippen molar-refractivity contribution in [3.05, 3.63) is 29.8 Å². The van der Waals surface area contributed by atoms with Gasteiger partial charge in [0, 0.05) is 18.6 Å². The van der Waals surface area contributed by atoms with E-state index in [0.29, 0.717) is 12.1 Å². The van der Waals surface area contributed by atoms with Crippen LogP contribution < -0.4 is 10.1 Å². The first-order valence-electron chi connectivity index (χ1n) is 8.27. The predicted molar refractivity (Wildman–Crippen MR) is 88.8 cm³/mol. The van der Waals surface area contributed by atoms with Crippen LogP contribution in [0.1, 0.15) is 45.2 Å². The molecule has 1 saturated heterocycles. The Morgan fingerprint density at radius 1 is 1.33 bits per heavy atom. The van der Waals surface area contributed by atoms with Gasteiger partial charge in [0.25, 0.3) is 0 Å². The maximum absolute atomic E-state index is 5.27.